The molecule has 0 saturated carbocycles. The van der Waals surface area contributed by atoms with Crippen LogP contribution in [-0.2, 0) is 0 Å². The van der Waals surface area contributed by atoms with E-state index < -0.39 is 5.54 Å². The van der Waals surface area contributed by atoms with Crippen molar-refractivity contribution in [2.24, 2.45) is 5.73 Å². The molecule has 0 aliphatic rings. The molecule has 2 N–H and O–H groups in total. The number of rotatable bonds is 6. The van der Waals surface area contributed by atoms with Crippen molar-refractivity contribution in [3.8, 4) is 17.6 Å². The number of nitrogens with two attached hydrogens (primary N) is 1. The average molecular weight is 248 g/mol. The molecular formula is C14H20N2O2. The summed E-state index contributed by atoms with van der Waals surface area (Å²) in [7, 11) is 0. The Labute approximate surface area is 108 Å². The molecule has 0 aliphatic heterocycles. The van der Waals surface area contributed by atoms with Gasteiger partial charge in [-0.05, 0) is 32.9 Å². The largest absolute Gasteiger partial charge is 0.490 e. The van der Waals surface area contributed by atoms with Crippen LogP contribution in [0.5, 0.6) is 11.5 Å². The van der Waals surface area contributed by atoms with E-state index in [1.807, 2.05) is 38.1 Å². The number of para-hydroxylation sites is 2. The van der Waals surface area contributed by atoms with E-state index >= 15 is 0 Å². The van der Waals surface area contributed by atoms with Gasteiger partial charge in [-0.15, -0.1) is 0 Å². The second-order valence-electron chi connectivity index (χ2n) is 4.54. The van der Waals surface area contributed by atoms with Gasteiger partial charge < -0.3 is 15.2 Å². The van der Waals surface area contributed by atoms with Crippen LogP contribution in [0.1, 0.15) is 27.2 Å². The van der Waals surface area contributed by atoms with E-state index in [0.29, 0.717) is 24.5 Å². The van der Waals surface area contributed by atoms with Crippen LogP contribution in [0.2, 0.25) is 0 Å². The molecule has 4 nitrogen and oxygen atoms in total. The first-order valence-corrected chi connectivity index (χ1v) is 6.07. The zero-order valence-corrected chi connectivity index (χ0v) is 11.1. The summed E-state index contributed by atoms with van der Waals surface area (Å²) in [5, 5.41) is 8.89. The topological polar surface area (TPSA) is 68.3 Å². The normalized spacial score (nSPS) is 15.3. The maximum Gasteiger partial charge on any atom is 0.161 e. The zero-order valence-electron chi connectivity index (χ0n) is 11.1. The molecule has 0 saturated heterocycles. The molecule has 4 heteroatoms. The first-order chi connectivity index (χ1) is 8.48. The molecule has 0 amide bonds. The van der Waals surface area contributed by atoms with E-state index in [1.54, 1.807) is 6.92 Å². The Kier molecular flexibility index (Phi) is 4.99. The van der Waals surface area contributed by atoms with Crippen molar-refractivity contribution < 1.29 is 9.47 Å². The third kappa shape index (κ3) is 4.27. The Hall–Kier alpha value is -1.73. The van der Waals surface area contributed by atoms with Gasteiger partial charge in [-0.1, -0.05) is 12.1 Å². The van der Waals surface area contributed by atoms with E-state index in [1.165, 1.54) is 0 Å². The minimum absolute atomic E-state index is 0.152. The summed E-state index contributed by atoms with van der Waals surface area (Å²) in [6.45, 7) is 6.10. The molecule has 1 aromatic rings. The van der Waals surface area contributed by atoms with Gasteiger partial charge in [0.15, 0.2) is 11.5 Å². The minimum atomic E-state index is -0.875. The van der Waals surface area contributed by atoms with Crippen LogP contribution >= 0.6 is 0 Å². The minimum Gasteiger partial charge on any atom is -0.490 e. The second kappa shape index (κ2) is 6.27. The van der Waals surface area contributed by atoms with Crippen LogP contribution < -0.4 is 15.2 Å². The lowest BCUT2D eigenvalue weighted by Gasteiger charge is -2.22. The number of hydrogen-bond donors (Lipinski definition) is 1. The molecule has 0 heterocycles. The molecular weight excluding hydrogens is 228 g/mol. The first kappa shape index (κ1) is 14.3. The molecule has 0 fully saturated rings. The van der Waals surface area contributed by atoms with Gasteiger partial charge in [0.1, 0.15) is 5.54 Å². The molecule has 18 heavy (non-hydrogen) atoms. The van der Waals surface area contributed by atoms with Crippen LogP contribution in [0.3, 0.4) is 0 Å². The van der Waals surface area contributed by atoms with Crippen molar-refractivity contribution in [3.63, 3.8) is 0 Å². The monoisotopic (exact) mass is 248 g/mol. The van der Waals surface area contributed by atoms with Gasteiger partial charge in [0.2, 0.25) is 0 Å². The lowest BCUT2D eigenvalue weighted by atomic mass is 9.98. The van der Waals surface area contributed by atoms with Crippen LogP contribution in [-0.4, -0.2) is 18.2 Å². The molecule has 0 spiro atoms. The summed E-state index contributed by atoms with van der Waals surface area (Å²) >= 11 is 0. The third-order valence-corrected chi connectivity index (χ3v) is 2.44. The van der Waals surface area contributed by atoms with E-state index in [0.717, 1.165) is 0 Å². The van der Waals surface area contributed by atoms with Crippen molar-refractivity contribution in [2.75, 3.05) is 6.61 Å². The maximum absolute atomic E-state index is 8.89. The van der Waals surface area contributed by atoms with Gasteiger partial charge in [-0.2, -0.15) is 5.26 Å². The number of nitrogens with zero attached hydrogens (tertiary/aromatic N) is 1. The maximum atomic E-state index is 8.89. The molecule has 98 valence electrons. The van der Waals surface area contributed by atoms with Crippen molar-refractivity contribution in [3.05, 3.63) is 24.3 Å². The molecule has 2 atom stereocenters. The van der Waals surface area contributed by atoms with Crippen molar-refractivity contribution in [2.45, 2.75) is 38.8 Å². The molecule has 2 unspecified atom stereocenters. The van der Waals surface area contributed by atoms with Gasteiger partial charge in [0.25, 0.3) is 0 Å². The summed E-state index contributed by atoms with van der Waals surface area (Å²) in [6.07, 6.45) is 0.311. The Morgan fingerprint density at radius 1 is 1.39 bits per heavy atom. The van der Waals surface area contributed by atoms with Crippen molar-refractivity contribution >= 4 is 0 Å². The molecule has 1 aromatic carbocycles. The van der Waals surface area contributed by atoms with Gasteiger partial charge in [0.05, 0.1) is 18.8 Å². The van der Waals surface area contributed by atoms with Gasteiger partial charge in [-0.3, -0.25) is 0 Å². The lowest BCUT2D eigenvalue weighted by Crippen LogP contribution is -2.38. The Morgan fingerprint density at radius 2 is 2.00 bits per heavy atom. The Balaban J connectivity index is 2.70. The standard InChI is InChI=1S/C14H20N2O2/c1-4-17-12-7-5-6-8-13(12)18-11(2)9-14(3,16)10-15/h5-8,11H,4,9,16H2,1-3H3. The predicted octanol–water partition coefficient (Wildman–Crippen LogP) is 2.48. The van der Waals surface area contributed by atoms with E-state index in [4.69, 9.17) is 20.5 Å². The molecule has 0 bridgehead atoms. The van der Waals surface area contributed by atoms with Crippen molar-refractivity contribution in [1.82, 2.24) is 0 Å². The second-order valence-corrected chi connectivity index (χ2v) is 4.54. The van der Waals surface area contributed by atoms with Gasteiger partial charge >= 0.3 is 0 Å². The number of ether oxygens (including phenoxy) is 2. The molecule has 0 aromatic heterocycles. The molecule has 1 rings (SSSR count). The van der Waals surface area contributed by atoms with E-state index in [-0.39, 0.29) is 6.10 Å². The highest BCUT2D eigenvalue weighted by Gasteiger charge is 2.22. The smallest absolute Gasteiger partial charge is 0.161 e. The van der Waals surface area contributed by atoms with Gasteiger partial charge in [0, 0.05) is 6.42 Å². The summed E-state index contributed by atoms with van der Waals surface area (Å²) in [6, 6.07) is 9.55. The molecule has 0 aliphatic carbocycles. The number of nitriles is 1. The first-order valence-electron chi connectivity index (χ1n) is 6.07. The van der Waals surface area contributed by atoms with Crippen LogP contribution in [0.4, 0.5) is 0 Å². The van der Waals surface area contributed by atoms with E-state index in [9.17, 15) is 0 Å². The van der Waals surface area contributed by atoms with Crippen LogP contribution in [0.25, 0.3) is 0 Å². The average Bonchev–Trinajstić information content (AvgIpc) is 2.31. The number of hydrogen-bond acceptors (Lipinski definition) is 4. The highest BCUT2D eigenvalue weighted by atomic mass is 16.5. The third-order valence-electron chi connectivity index (χ3n) is 2.44. The lowest BCUT2D eigenvalue weighted by molar-refractivity contribution is 0.181. The summed E-state index contributed by atoms with van der Waals surface area (Å²) in [5.74, 6) is 1.39. The fraction of sp³-hybridized carbons (Fsp3) is 0.500. The SMILES string of the molecule is CCOc1ccccc1OC(C)CC(C)(N)C#N. The van der Waals surface area contributed by atoms with Crippen LogP contribution in [0, 0.1) is 11.3 Å². The molecule has 0 radical (unpaired) electrons. The number of benzene rings is 1. The fourth-order valence-electron chi connectivity index (χ4n) is 1.72. The van der Waals surface area contributed by atoms with Gasteiger partial charge in [-0.25, -0.2) is 0 Å². The quantitative estimate of drug-likeness (QED) is 0.839. The Morgan fingerprint density at radius 3 is 2.56 bits per heavy atom. The zero-order chi connectivity index (χ0) is 13.6. The fourth-order valence-corrected chi connectivity index (χ4v) is 1.72. The van der Waals surface area contributed by atoms with Crippen LogP contribution in [0.15, 0.2) is 24.3 Å². The summed E-state index contributed by atoms with van der Waals surface area (Å²) < 4.78 is 11.3. The van der Waals surface area contributed by atoms with Crippen molar-refractivity contribution in [1.29, 1.82) is 5.26 Å². The summed E-state index contributed by atoms with van der Waals surface area (Å²) in [4.78, 5) is 0. The summed E-state index contributed by atoms with van der Waals surface area (Å²) in [5.41, 5.74) is 4.92. The highest BCUT2D eigenvalue weighted by molar-refractivity contribution is 5.39. The Bertz CT molecular complexity index is 424. The van der Waals surface area contributed by atoms with E-state index in [2.05, 4.69) is 6.07 Å². The highest BCUT2D eigenvalue weighted by Crippen LogP contribution is 2.28. The predicted molar refractivity (Wildman–Crippen MR) is 70.5 cm³/mol.